The van der Waals surface area contributed by atoms with Crippen LogP contribution in [0.15, 0.2) is 54.6 Å². The number of aliphatic hydroxyl groups is 1. The van der Waals surface area contributed by atoms with Crippen LogP contribution in [-0.4, -0.2) is 40.4 Å². The highest BCUT2D eigenvalue weighted by molar-refractivity contribution is 5.68. The van der Waals surface area contributed by atoms with E-state index in [0.29, 0.717) is 12.0 Å². The van der Waals surface area contributed by atoms with Gasteiger partial charge in [0.1, 0.15) is 12.3 Å². The highest BCUT2D eigenvalue weighted by Crippen LogP contribution is 2.16. The SMILES string of the molecule is CC(C)(C)OC(=O)N(Cc1cccc(CF)c1)C[C@@H](O)[C@@H](N)Cc1ccccc1. The summed E-state index contributed by atoms with van der Waals surface area (Å²) in [6.45, 7) is 4.98. The average Bonchev–Trinajstić information content (AvgIpc) is 2.67. The molecule has 3 N–H and O–H groups in total. The van der Waals surface area contributed by atoms with Crippen LogP contribution in [-0.2, 0) is 24.4 Å². The van der Waals surface area contributed by atoms with Gasteiger partial charge in [-0.1, -0.05) is 54.6 Å². The van der Waals surface area contributed by atoms with Crippen LogP contribution in [0.25, 0.3) is 0 Å². The Balaban J connectivity index is 2.11. The normalized spacial score (nSPS) is 13.6. The minimum absolute atomic E-state index is 0.0166. The van der Waals surface area contributed by atoms with Crippen molar-refractivity contribution < 1.29 is 19.0 Å². The molecule has 2 rings (SSSR count). The number of alkyl halides is 1. The monoisotopic (exact) mass is 402 g/mol. The molecule has 5 nitrogen and oxygen atoms in total. The highest BCUT2D eigenvalue weighted by atomic mass is 19.1. The molecule has 6 heteroatoms. The fourth-order valence-corrected chi connectivity index (χ4v) is 2.95. The zero-order valence-electron chi connectivity index (χ0n) is 17.3. The Bertz CT molecular complexity index is 777. The number of carbonyl (C=O) groups excluding carboxylic acids is 1. The van der Waals surface area contributed by atoms with Crippen LogP contribution in [0.1, 0.15) is 37.5 Å². The Morgan fingerprint density at radius 1 is 1.10 bits per heavy atom. The van der Waals surface area contributed by atoms with E-state index in [9.17, 15) is 14.3 Å². The molecule has 0 fully saturated rings. The van der Waals surface area contributed by atoms with Gasteiger partial charge in [0.25, 0.3) is 0 Å². The molecule has 2 aromatic carbocycles. The first-order valence-electron chi connectivity index (χ1n) is 9.77. The lowest BCUT2D eigenvalue weighted by atomic mass is 10.0. The molecule has 0 saturated heterocycles. The molecule has 158 valence electrons. The molecule has 0 aliphatic heterocycles. The summed E-state index contributed by atoms with van der Waals surface area (Å²) in [7, 11) is 0. The lowest BCUT2D eigenvalue weighted by molar-refractivity contribution is 0.00995. The van der Waals surface area contributed by atoms with Crippen molar-refractivity contribution in [2.24, 2.45) is 5.73 Å². The van der Waals surface area contributed by atoms with Crippen molar-refractivity contribution in [2.75, 3.05) is 6.54 Å². The number of benzene rings is 2. The van der Waals surface area contributed by atoms with Gasteiger partial charge in [-0.3, -0.25) is 0 Å². The molecular formula is C23H31FN2O3. The van der Waals surface area contributed by atoms with Crippen molar-refractivity contribution in [3.8, 4) is 0 Å². The molecule has 0 aliphatic carbocycles. The fraction of sp³-hybridized carbons (Fsp3) is 0.435. The lowest BCUT2D eigenvalue weighted by Crippen LogP contribution is -2.47. The second-order valence-electron chi connectivity index (χ2n) is 8.24. The summed E-state index contributed by atoms with van der Waals surface area (Å²) >= 11 is 0. The summed E-state index contributed by atoms with van der Waals surface area (Å²) in [5.74, 6) is 0. The van der Waals surface area contributed by atoms with Crippen LogP contribution in [0.2, 0.25) is 0 Å². The van der Waals surface area contributed by atoms with Crippen molar-refractivity contribution in [1.82, 2.24) is 4.90 Å². The third-order valence-electron chi connectivity index (χ3n) is 4.39. The Kier molecular flexibility index (Phi) is 8.17. The first kappa shape index (κ1) is 22.8. The molecular weight excluding hydrogens is 371 g/mol. The Morgan fingerprint density at radius 2 is 1.72 bits per heavy atom. The molecule has 2 aromatic rings. The van der Waals surface area contributed by atoms with E-state index in [-0.39, 0.29) is 13.1 Å². The molecule has 0 spiro atoms. The summed E-state index contributed by atoms with van der Waals surface area (Å²) in [5.41, 5.74) is 7.82. The molecule has 1 amide bonds. The summed E-state index contributed by atoms with van der Waals surface area (Å²) in [4.78, 5) is 14.1. The van der Waals surface area contributed by atoms with Gasteiger partial charge in [0.15, 0.2) is 0 Å². The molecule has 0 bridgehead atoms. The standard InChI is InChI=1S/C23H31FN2O3/c1-23(2,3)29-22(28)26(15-19-11-7-10-18(12-19)14-24)16-21(27)20(25)13-17-8-5-4-6-9-17/h4-12,20-21,27H,13-16,25H2,1-3H3/t20-,21+/m0/s1. The number of amides is 1. The summed E-state index contributed by atoms with van der Waals surface area (Å²) < 4.78 is 18.5. The van der Waals surface area contributed by atoms with Gasteiger partial charge in [0.05, 0.1) is 12.6 Å². The van der Waals surface area contributed by atoms with Gasteiger partial charge in [-0.05, 0) is 43.9 Å². The Hall–Kier alpha value is -2.44. The number of rotatable bonds is 8. The number of nitrogens with two attached hydrogens (primary N) is 1. The van der Waals surface area contributed by atoms with Crippen molar-refractivity contribution >= 4 is 6.09 Å². The van der Waals surface area contributed by atoms with Crippen molar-refractivity contribution in [3.63, 3.8) is 0 Å². The quantitative estimate of drug-likeness (QED) is 0.704. The second kappa shape index (κ2) is 10.4. The largest absolute Gasteiger partial charge is 0.444 e. The van der Waals surface area contributed by atoms with E-state index in [1.807, 2.05) is 36.4 Å². The number of halogens is 1. The topological polar surface area (TPSA) is 75.8 Å². The van der Waals surface area contributed by atoms with E-state index in [4.69, 9.17) is 10.5 Å². The molecule has 0 aliphatic rings. The third kappa shape index (κ3) is 7.83. The summed E-state index contributed by atoms with van der Waals surface area (Å²) in [6, 6.07) is 16.0. The Morgan fingerprint density at radius 3 is 2.34 bits per heavy atom. The van der Waals surface area contributed by atoms with Crippen molar-refractivity contribution in [1.29, 1.82) is 0 Å². The fourth-order valence-electron chi connectivity index (χ4n) is 2.95. The van der Waals surface area contributed by atoms with Gasteiger partial charge in [0, 0.05) is 12.6 Å². The van der Waals surface area contributed by atoms with Gasteiger partial charge in [0.2, 0.25) is 0 Å². The molecule has 29 heavy (non-hydrogen) atoms. The zero-order chi connectivity index (χ0) is 21.4. The minimum Gasteiger partial charge on any atom is -0.444 e. The van der Waals surface area contributed by atoms with Crippen molar-refractivity contribution in [3.05, 3.63) is 71.3 Å². The van der Waals surface area contributed by atoms with E-state index in [1.165, 1.54) is 4.90 Å². The van der Waals surface area contributed by atoms with Crippen LogP contribution in [0.3, 0.4) is 0 Å². The van der Waals surface area contributed by atoms with E-state index < -0.39 is 30.5 Å². The molecule has 0 heterocycles. The van der Waals surface area contributed by atoms with Gasteiger partial charge in [-0.2, -0.15) is 0 Å². The Labute approximate surface area is 172 Å². The number of aliphatic hydroxyl groups excluding tert-OH is 1. The van der Waals surface area contributed by atoms with Crippen LogP contribution in [0.4, 0.5) is 9.18 Å². The van der Waals surface area contributed by atoms with E-state index in [1.54, 1.807) is 39.0 Å². The predicted octanol–water partition coefficient (Wildman–Crippen LogP) is 3.82. The maximum absolute atomic E-state index is 13.0. The van der Waals surface area contributed by atoms with E-state index >= 15 is 0 Å². The number of nitrogens with zero attached hydrogens (tertiary/aromatic N) is 1. The average molecular weight is 403 g/mol. The van der Waals surface area contributed by atoms with Crippen LogP contribution in [0, 0.1) is 0 Å². The third-order valence-corrected chi connectivity index (χ3v) is 4.39. The first-order valence-corrected chi connectivity index (χ1v) is 9.77. The highest BCUT2D eigenvalue weighted by Gasteiger charge is 2.26. The maximum atomic E-state index is 13.0. The van der Waals surface area contributed by atoms with Crippen LogP contribution in [0.5, 0.6) is 0 Å². The van der Waals surface area contributed by atoms with Gasteiger partial charge >= 0.3 is 6.09 Å². The summed E-state index contributed by atoms with van der Waals surface area (Å²) in [5, 5.41) is 10.6. The number of carbonyl (C=O) groups is 1. The molecule has 2 atom stereocenters. The van der Waals surface area contributed by atoms with Gasteiger partial charge in [-0.15, -0.1) is 0 Å². The van der Waals surface area contributed by atoms with Crippen LogP contribution >= 0.6 is 0 Å². The molecule has 0 saturated carbocycles. The zero-order valence-corrected chi connectivity index (χ0v) is 17.3. The van der Waals surface area contributed by atoms with E-state index in [2.05, 4.69) is 0 Å². The summed E-state index contributed by atoms with van der Waals surface area (Å²) in [6.07, 6.45) is -0.997. The van der Waals surface area contributed by atoms with E-state index in [0.717, 1.165) is 11.1 Å². The van der Waals surface area contributed by atoms with Gasteiger partial charge in [-0.25, -0.2) is 9.18 Å². The van der Waals surface area contributed by atoms with Crippen molar-refractivity contribution in [2.45, 2.75) is 58.2 Å². The second-order valence-corrected chi connectivity index (χ2v) is 8.24. The first-order chi connectivity index (χ1) is 13.7. The lowest BCUT2D eigenvalue weighted by Gasteiger charge is -2.30. The number of ether oxygens (including phenoxy) is 1. The van der Waals surface area contributed by atoms with Gasteiger partial charge < -0.3 is 20.5 Å². The molecule has 0 aromatic heterocycles. The number of hydrogen-bond donors (Lipinski definition) is 2. The molecule has 0 radical (unpaired) electrons. The minimum atomic E-state index is -0.938. The molecule has 0 unspecified atom stereocenters. The van der Waals surface area contributed by atoms with Crippen LogP contribution < -0.4 is 5.73 Å². The smallest absolute Gasteiger partial charge is 0.410 e. The maximum Gasteiger partial charge on any atom is 0.410 e. The number of hydrogen-bond acceptors (Lipinski definition) is 4. The predicted molar refractivity (Wildman–Crippen MR) is 112 cm³/mol.